The number of ether oxygens (including phenoxy) is 1. The number of piperidine rings is 2. The van der Waals surface area contributed by atoms with Crippen molar-refractivity contribution in [1.29, 1.82) is 5.26 Å². The maximum Gasteiger partial charge on any atom is 0.328 e. The zero-order valence-electron chi connectivity index (χ0n) is 31.1. The number of carbonyl (C=O) groups excluding carboxylic acids is 3. The monoisotopic (exact) mass is 763 g/mol. The molecule has 2 aromatic carbocycles. The summed E-state index contributed by atoms with van der Waals surface area (Å²) in [5.74, 6) is 0.594. The van der Waals surface area contributed by atoms with E-state index in [2.05, 4.69) is 36.3 Å². The van der Waals surface area contributed by atoms with Gasteiger partial charge in [-0.05, 0) is 106 Å². The van der Waals surface area contributed by atoms with Crippen molar-refractivity contribution >= 4 is 57.4 Å². The highest BCUT2D eigenvalue weighted by Gasteiger charge is 2.38. The van der Waals surface area contributed by atoms with Crippen molar-refractivity contribution in [2.45, 2.75) is 63.8 Å². The number of halogens is 1. The van der Waals surface area contributed by atoms with E-state index in [4.69, 9.17) is 21.4 Å². The van der Waals surface area contributed by atoms with Crippen LogP contribution in [0.5, 0.6) is 5.75 Å². The predicted molar refractivity (Wildman–Crippen MR) is 211 cm³/mol. The second-order valence-electron chi connectivity index (χ2n) is 15.6. The molecule has 0 unspecified atom stereocenters. The van der Waals surface area contributed by atoms with Crippen LogP contribution < -0.4 is 25.2 Å². The van der Waals surface area contributed by atoms with Crippen LogP contribution >= 0.6 is 11.6 Å². The van der Waals surface area contributed by atoms with E-state index in [1.165, 1.54) is 44.1 Å². The number of urea groups is 1. The summed E-state index contributed by atoms with van der Waals surface area (Å²) in [7, 11) is 1.57. The molecule has 0 radical (unpaired) electrons. The van der Waals surface area contributed by atoms with Crippen LogP contribution in [0.25, 0.3) is 10.9 Å². The van der Waals surface area contributed by atoms with Crippen molar-refractivity contribution in [2.24, 2.45) is 11.3 Å². The molecule has 1 spiro atoms. The van der Waals surface area contributed by atoms with Gasteiger partial charge < -0.3 is 19.9 Å². The van der Waals surface area contributed by atoms with Crippen LogP contribution in [0.1, 0.15) is 79.8 Å². The van der Waals surface area contributed by atoms with E-state index < -0.39 is 6.03 Å². The van der Waals surface area contributed by atoms with E-state index >= 15 is 0 Å². The van der Waals surface area contributed by atoms with Crippen molar-refractivity contribution in [3.63, 3.8) is 0 Å². The lowest BCUT2D eigenvalue weighted by atomic mass is 9.71. The van der Waals surface area contributed by atoms with Crippen molar-refractivity contribution in [1.82, 2.24) is 25.0 Å². The normalized spacial score (nSPS) is 21.7. The minimum absolute atomic E-state index is 0.253. The van der Waals surface area contributed by atoms with E-state index in [0.29, 0.717) is 57.2 Å². The number of pyridine rings is 1. The van der Waals surface area contributed by atoms with Crippen molar-refractivity contribution in [2.75, 3.05) is 61.5 Å². The minimum atomic E-state index is -0.416. The molecule has 2 N–H and O–H groups in total. The minimum Gasteiger partial charge on any atom is -0.494 e. The fourth-order valence-electron chi connectivity index (χ4n) is 8.95. The number of rotatable bonds is 8. The molecule has 1 aliphatic carbocycles. The van der Waals surface area contributed by atoms with Gasteiger partial charge in [0.2, 0.25) is 5.91 Å². The van der Waals surface area contributed by atoms with Gasteiger partial charge in [-0.3, -0.25) is 29.5 Å². The fourth-order valence-corrected chi connectivity index (χ4v) is 9.17. The van der Waals surface area contributed by atoms with Gasteiger partial charge in [-0.2, -0.15) is 10.4 Å². The highest BCUT2D eigenvalue weighted by molar-refractivity contribution is 6.34. The first kappa shape index (κ1) is 36.8. The summed E-state index contributed by atoms with van der Waals surface area (Å²) < 4.78 is 7.70. The van der Waals surface area contributed by atoms with E-state index in [1.807, 2.05) is 36.4 Å². The summed E-state index contributed by atoms with van der Waals surface area (Å²) >= 11 is 6.51. The van der Waals surface area contributed by atoms with Gasteiger partial charge in [0.25, 0.3) is 5.91 Å². The molecule has 4 aliphatic rings. The Morgan fingerprint density at radius 1 is 1.02 bits per heavy atom. The van der Waals surface area contributed by atoms with Gasteiger partial charge in [0, 0.05) is 68.3 Å². The van der Waals surface area contributed by atoms with E-state index in [1.54, 1.807) is 12.0 Å². The van der Waals surface area contributed by atoms with Crippen LogP contribution in [-0.4, -0.2) is 83.9 Å². The lowest BCUT2D eigenvalue weighted by Crippen LogP contribution is -2.50. The second kappa shape index (κ2) is 15.5. The Bertz CT molecular complexity index is 2140. The van der Waals surface area contributed by atoms with Crippen LogP contribution in [0, 0.1) is 22.7 Å². The number of aromatic nitrogens is 3. The summed E-state index contributed by atoms with van der Waals surface area (Å²) in [6, 6.07) is 13.1. The average molecular weight is 764 g/mol. The topological polar surface area (TPSA) is 149 Å². The molecule has 2 aromatic heterocycles. The first-order valence-electron chi connectivity index (χ1n) is 19.3. The van der Waals surface area contributed by atoms with Crippen LogP contribution in [0.4, 0.5) is 21.9 Å². The quantitative estimate of drug-likeness (QED) is 0.198. The number of fused-ring (bicyclic) bond motifs is 1. The Labute approximate surface area is 325 Å². The number of benzene rings is 2. The molecule has 14 heteroatoms. The van der Waals surface area contributed by atoms with Gasteiger partial charge in [0.1, 0.15) is 11.8 Å². The van der Waals surface area contributed by atoms with Gasteiger partial charge >= 0.3 is 6.03 Å². The van der Waals surface area contributed by atoms with Gasteiger partial charge in [0.15, 0.2) is 0 Å². The SMILES string of the molecule is COc1cc2nn([C@H]3CC[C@H](CN4CCC5(CC4)CCN(c4ccc(Cl)c(N6CCC(=O)NC6=O)c4)CC5)CC3)cc2cc1NC(=O)c1cncc(C#N)c1. The third-order valence-electron chi connectivity index (χ3n) is 12.3. The number of likely N-dealkylation sites (tertiary alicyclic amines) is 1. The first-order valence-corrected chi connectivity index (χ1v) is 19.7. The lowest BCUT2D eigenvalue weighted by molar-refractivity contribution is -0.120. The Hall–Kier alpha value is -5.19. The molecule has 55 heavy (non-hydrogen) atoms. The molecule has 4 aromatic rings. The molecule has 13 nitrogen and oxygen atoms in total. The number of nitriles is 1. The van der Waals surface area contributed by atoms with Crippen LogP contribution in [0.15, 0.2) is 55.0 Å². The first-order chi connectivity index (χ1) is 26.7. The van der Waals surface area contributed by atoms with Crippen LogP contribution in [-0.2, 0) is 4.79 Å². The maximum atomic E-state index is 13.0. The van der Waals surface area contributed by atoms with Gasteiger partial charge in [-0.25, -0.2) is 4.79 Å². The summed E-state index contributed by atoms with van der Waals surface area (Å²) in [5, 5.41) is 20.9. The Morgan fingerprint density at radius 2 is 1.78 bits per heavy atom. The zero-order valence-corrected chi connectivity index (χ0v) is 31.9. The number of imide groups is 1. The molecule has 3 saturated heterocycles. The summed E-state index contributed by atoms with van der Waals surface area (Å²) in [6.07, 6.45) is 14.5. The van der Waals surface area contributed by atoms with Gasteiger partial charge in [-0.15, -0.1) is 0 Å². The molecule has 4 fully saturated rings. The standard InChI is InChI=1S/C41H46ClN9O4/c1-55-37-21-34-30(19-35(37)45-39(53)29-18-28(22-43)23-44-24-29)26-51(47-34)31-4-2-27(3-5-31)25-48-14-9-41(10-15-48)11-16-49(17-12-41)32-6-7-33(42)36(20-32)50-13-8-38(52)46-40(50)54/h6-7,18-21,23-24,26-27,31H,2-5,8-17,25H2,1H3,(H,45,53)(H,46,52,54)/t27-,31-. The predicted octanol–water partition coefficient (Wildman–Crippen LogP) is 6.78. The fraction of sp³-hybridized carbons (Fsp3) is 0.463. The third-order valence-corrected chi connectivity index (χ3v) is 12.6. The molecule has 0 bridgehead atoms. The Kier molecular flexibility index (Phi) is 10.4. The van der Waals surface area contributed by atoms with Gasteiger partial charge in [0.05, 0.1) is 46.2 Å². The van der Waals surface area contributed by atoms with Crippen LogP contribution in [0.3, 0.4) is 0 Å². The smallest absolute Gasteiger partial charge is 0.328 e. The molecule has 4 amide bonds. The van der Waals surface area contributed by atoms with E-state index in [0.717, 1.165) is 75.0 Å². The molecular weight excluding hydrogens is 718 g/mol. The summed E-state index contributed by atoms with van der Waals surface area (Å²) in [6.45, 7) is 5.76. The second-order valence-corrected chi connectivity index (χ2v) is 16.0. The van der Waals surface area contributed by atoms with Crippen molar-refractivity contribution in [3.05, 3.63) is 71.1 Å². The number of anilines is 3. The highest BCUT2D eigenvalue weighted by atomic mass is 35.5. The largest absolute Gasteiger partial charge is 0.494 e. The van der Waals surface area contributed by atoms with E-state index in [9.17, 15) is 19.6 Å². The number of hydrogen-bond donors (Lipinski definition) is 2. The van der Waals surface area contributed by atoms with Crippen LogP contribution in [0.2, 0.25) is 5.02 Å². The van der Waals surface area contributed by atoms with E-state index in [-0.39, 0.29) is 18.2 Å². The summed E-state index contributed by atoms with van der Waals surface area (Å²) in [4.78, 5) is 47.8. The maximum absolute atomic E-state index is 13.0. The number of methoxy groups -OCH3 is 1. The molecule has 8 rings (SSSR count). The number of carbonyl (C=O) groups is 3. The van der Waals surface area contributed by atoms with Gasteiger partial charge in [-0.1, -0.05) is 11.6 Å². The number of nitrogens with one attached hydrogen (secondary N) is 2. The average Bonchev–Trinajstić information content (AvgIpc) is 3.62. The molecule has 1 saturated carbocycles. The molecule has 286 valence electrons. The zero-order chi connectivity index (χ0) is 38.1. The number of amides is 4. The third kappa shape index (κ3) is 7.84. The van der Waals surface area contributed by atoms with Crippen molar-refractivity contribution < 1.29 is 19.1 Å². The number of hydrogen-bond acceptors (Lipinski definition) is 9. The molecule has 5 heterocycles. The molecule has 0 atom stereocenters. The highest BCUT2D eigenvalue weighted by Crippen LogP contribution is 2.44. The number of nitrogens with zero attached hydrogens (tertiary/aromatic N) is 7. The van der Waals surface area contributed by atoms with Crippen molar-refractivity contribution in [3.8, 4) is 11.8 Å². The summed E-state index contributed by atoms with van der Waals surface area (Å²) in [5.41, 5.74) is 4.10. The Balaban J connectivity index is 0.814. The Morgan fingerprint density at radius 3 is 2.51 bits per heavy atom. The molecular formula is C41H46ClN9O4. The molecule has 3 aliphatic heterocycles. The lowest BCUT2D eigenvalue weighted by Gasteiger charge is -2.48.